The van der Waals surface area contributed by atoms with E-state index in [0.717, 1.165) is 21.5 Å². The molecule has 0 bridgehead atoms. The fourth-order valence-corrected chi connectivity index (χ4v) is 2.45. The molecule has 0 amide bonds. The van der Waals surface area contributed by atoms with E-state index in [-0.39, 0.29) is 0 Å². The lowest BCUT2D eigenvalue weighted by Gasteiger charge is -2.18. The van der Waals surface area contributed by atoms with Crippen molar-refractivity contribution in [2.75, 3.05) is 30.0 Å². The van der Waals surface area contributed by atoms with E-state index in [2.05, 4.69) is 51.3 Å². The monoisotopic (exact) mass is 319 g/mol. The molecule has 0 aliphatic carbocycles. The zero-order valence-corrected chi connectivity index (χ0v) is 13.0. The summed E-state index contributed by atoms with van der Waals surface area (Å²) in [6.45, 7) is 2.11. The fraction of sp³-hybridized carbons (Fsp3) is 0.200. The maximum absolute atomic E-state index is 5.74. The number of benzene rings is 2. The van der Waals surface area contributed by atoms with Crippen LogP contribution in [0.3, 0.4) is 0 Å². The smallest absolute Gasteiger partial charge is 0.0530 e. The van der Waals surface area contributed by atoms with Crippen LogP contribution in [-0.4, -0.2) is 14.1 Å². The number of halogens is 1. The standard InChI is InChI=1S/C15H18BrN3/c1-10-4-6-12(9-15(10)19(2)3)18-14-7-5-11(17)8-13(14)16/h4-9,18H,17H2,1-3H3. The van der Waals surface area contributed by atoms with Crippen molar-refractivity contribution < 1.29 is 0 Å². The molecule has 0 aromatic heterocycles. The van der Waals surface area contributed by atoms with E-state index in [1.165, 1.54) is 11.3 Å². The molecule has 0 aliphatic rings. The van der Waals surface area contributed by atoms with Crippen LogP contribution in [-0.2, 0) is 0 Å². The van der Waals surface area contributed by atoms with Gasteiger partial charge >= 0.3 is 0 Å². The molecule has 3 nitrogen and oxygen atoms in total. The van der Waals surface area contributed by atoms with Crippen LogP contribution in [0.5, 0.6) is 0 Å². The third-order valence-electron chi connectivity index (χ3n) is 2.96. The molecule has 3 N–H and O–H groups in total. The third kappa shape index (κ3) is 3.20. The van der Waals surface area contributed by atoms with Gasteiger partial charge in [-0.1, -0.05) is 6.07 Å². The first-order valence-electron chi connectivity index (χ1n) is 6.07. The van der Waals surface area contributed by atoms with Crippen LogP contribution in [0.15, 0.2) is 40.9 Å². The summed E-state index contributed by atoms with van der Waals surface area (Å²) in [6, 6.07) is 12.1. The highest BCUT2D eigenvalue weighted by Gasteiger charge is 2.05. The van der Waals surface area contributed by atoms with E-state index in [1.807, 2.05) is 32.3 Å². The second-order valence-electron chi connectivity index (χ2n) is 4.76. The molecule has 19 heavy (non-hydrogen) atoms. The molecule has 4 heteroatoms. The van der Waals surface area contributed by atoms with Crippen LogP contribution < -0.4 is 16.0 Å². The maximum atomic E-state index is 5.74. The molecular weight excluding hydrogens is 302 g/mol. The lowest BCUT2D eigenvalue weighted by molar-refractivity contribution is 1.11. The minimum Gasteiger partial charge on any atom is -0.399 e. The number of hydrogen-bond acceptors (Lipinski definition) is 3. The zero-order valence-electron chi connectivity index (χ0n) is 11.4. The SMILES string of the molecule is Cc1ccc(Nc2ccc(N)cc2Br)cc1N(C)C. The molecule has 0 radical (unpaired) electrons. The molecule has 0 spiro atoms. The normalized spacial score (nSPS) is 10.3. The van der Waals surface area contributed by atoms with Gasteiger partial charge in [0.05, 0.1) is 5.69 Å². The average Bonchev–Trinajstić information content (AvgIpc) is 2.34. The lowest BCUT2D eigenvalue weighted by atomic mass is 10.1. The minimum atomic E-state index is 0.746. The number of rotatable bonds is 3. The van der Waals surface area contributed by atoms with Crippen molar-refractivity contribution in [1.82, 2.24) is 0 Å². The van der Waals surface area contributed by atoms with Gasteiger partial charge in [-0.15, -0.1) is 0 Å². The summed E-state index contributed by atoms with van der Waals surface area (Å²) in [4.78, 5) is 2.11. The Hall–Kier alpha value is -1.68. The summed E-state index contributed by atoms with van der Waals surface area (Å²) in [5, 5.41) is 3.39. The second kappa shape index (κ2) is 5.53. The van der Waals surface area contributed by atoms with Crippen molar-refractivity contribution in [1.29, 1.82) is 0 Å². The van der Waals surface area contributed by atoms with Gasteiger partial charge in [-0.2, -0.15) is 0 Å². The predicted octanol–water partition coefficient (Wildman–Crippen LogP) is 4.15. The van der Waals surface area contributed by atoms with Crippen LogP contribution >= 0.6 is 15.9 Å². The van der Waals surface area contributed by atoms with E-state index < -0.39 is 0 Å². The second-order valence-corrected chi connectivity index (χ2v) is 5.61. The number of nitrogens with one attached hydrogen (secondary N) is 1. The molecule has 0 aliphatic heterocycles. The minimum absolute atomic E-state index is 0.746. The van der Waals surface area contributed by atoms with E-state index in [9.17, 15) is 0 Å². The summed E-state index contributed by atoms with van der Waals surface area (Å²) >= 11 is 3.51. The number of aryl methyl sites for hydroxylation is 1. The molecule has 2 rings (SSSR count). The molecule has 100 valence electrons. The summed E-state index contributed by atoms with van der Waals surface area (Å²) in [5.41, 5.74) is 11.0. The van der Waals surface area contributed by atoms with E-state index >= 15 is 0 Å². The first-order valence-corrected chi connectivity index (χ1v) is 6.86. The van der Waals surface area contributed by atoms with Crippen LogP contribution in [0, 0.1) is 6.92 Å². The molecule has 0 atom stereocenters. The van der Waals surface area contributed by atoms with Gasteiger partial charge < -0.3 is 16.0 Å². The molecular formula is C15H18BrN3. The molecule has 0 heterocycles. The Morgan fingerprint density at radius 2 is 1.84 bits per heavy atom. The lowest BCUT2D eigenvalue weighted by Crippen LogP contribution is -2.10. The van der Waals surface area contributed by atoms with Gasteiger partial charge in [0, 0.05) is 35.6 Å². The fourth-order valence-electron chi connectivity index (χ4n) is 1.96. The van der Waals surface area contributed by atoms with E-state index in [1.54, 1.807) is 0 Å². The predicted molar refractivity (Wildman–Crippen MR) is 87.3 cm³/mol. The first-order chi connectivity index (χ1) is 8.97. The largest absolute Gasteiger partial charge is 0.399 e. The van der Waals surface area contributed by atoms with E-state index in [0.29, 0.717) is 0 Å². The van der Waals surface area contributed by atoms with Gasteiger partial charge in [0.15, 0.2) is 0 Å². The Morgan fingerprint density at radius 3 is 2.47 bits per heavy atom. The van der Waals surface area contributed by atoms with Crippen LogP contribution in [0.4, 0.5) is 22.7 Å². The Labute approximate surface area is 122 Å². The molecule has 2 aromatic rings. The van der Waals surface area contributed by atoms with Crippen molar-refractivity contribution in [2.24, 2.45) is 0 Å². The topological polar surface area (TPSA) is 41.3 Å². The molecule has 0 saturated heterocycles. The van der Waals surface area contributed by atoms with Gasteiger partial charge in [0.2, 0.25) is 0 Å². The number of anilines is 4. The summed E-state index contributed by atoms with van der Waals surface area (Å²) in [7, 11) is 4.09. The molecule has 0 saturated carbocycles. The number of hydrogen-bond donors (Lipinski definition) is 2. The van der Waals surface area contributed by atoms with Crippen molar-refractivity contribution in [2.45, 2.75) is 6.92 Å². The average molecular weight is 320 g/mol. The van der Waals surface area contributed by atoms with Gasteiger partial charge in [0.1, 0.15) is 0 Å². The van der Waals surface area contributed by atoms with Crippen LogP contribution in [0.1, 0.15) is 5.56 Å². The highest BCUT2D eigenvalue weighted by atomic mass is 79.9. The quantitative estimate of drug-likeness (QED) is 0.835. The third-order valence-corrected chi connectivity index (χ3v) is 3.62. The number of nitrogens with zero attached hydrogens (tertiary/aromatic N) is 1. The van der Waals surface area contributed by atoms with E-state index in [4.69, 9.17) is 5.73 Å². The first kappa shape index (κ1) is 13.7. The zero-order chi connectivity index (χ0) is 14.0. The highest BCUT2D eigenvalue weighted by molar-refractivity contribution is 9.10. The Balaban J connectivity index is 2.31. The Morgan fingerprint density at radius 1 is 1.11 bits per heavy atom. The number of nitrogens with two attached hydrogens (primary N) is 1. The van der Waals surface area contributed by atoms with Gasteiger partial charge in [-0.25, -0.2) is 0 Å². The Kier molecular flexibility index (Phi) is 4.00. The summed E-state index contributed by atoms with van der Waals surface area (Å²) in [5.74, 6) is 0. The van der Waals surface area contributed by atoms with Crippen molar-refractivity contribution in [3.05, 3.63) is 46.4 Å². The maximum Gasteiger partial charge on any atom is 0.0530 e. The van der Waals surface area contributed by atoms with Crippen molar-refractivity contribution in [3.63, 3.8) is 0 Å². The highest BCUT2D eigenvalue weighted by Crippen LogP contribution is 2.30. The van der Waals surface area contributed by atoms with Crippen LogP contribution in [0.2, 0.25) is 0 Å². The van der Waals surface area contributed by atoms with Gasteiger partial charge in [-0.3, -0.25) is 0 Å². The van der Waals surface area contributed by atoms with Gasteiger partial charge in [-0.05, 0) is 58.7 Å². The van der Waals surface area contributed by atoms with Crippen molar-refractivity contribution >= 4 is 38.7 Å². The van der Waals surface area contributed by atoms with Crippen LogP contribution in [0.25, 0.3) is 0 Å². The molecule has 0 unspecified atom stereocenters. The Bertz CT molecular complexity index is 594. The summed E-state index contributed by atoms with van der Waals surface area (Å²) < 4.78 is 0.958. The van der Waals surface area contributed by atoms with Gasteiger partial charge in [0.25, 0.3) is 0 Å². The van der Waals surface area contributed by atoms with Crippen molar-refractivity contribution in [3.8, 4) is 0 Å². The molecule has 0 fully saturated rings. The molecule has 2 aromatic carbocycles. The summed E-state index contributed by atoms with van der Waals surface area (Å²) in [6.07, 6.45) is 0. The number of nitrogen functional groups attached to an aromatic ring is 1.